The third kappa shape index (κ3) is 5.83. The van der Waals surface area contributed by atoms with Crippen molar-refractivity contribution in [2.45, 2.75) is 37.6 Å². The fourth-order valence-corrected chi connectivity index (χ4v) is 3.86. The van der Waals surface area contributed by atoms with Gasteiger partial charge in [0, 0.05) is 23.2 Å². The lowest BCUT2D eigenvalue weighted by molar-refractivity contribution is 0.0954. The highest BCUT2D eigenvalue weighted by molar-refractivity contribution is 7.89. The first kappa shape index (κ1) is 20.4. The van der Waals surface area contributed by atoms with Crippen LogP contribution in [-0.2, 0) is 16.4 Å². The van der Waals surface area contributed by atoms with E-state index in [0.29, 0.717) is 30.0 Å². The zero-order chi connectivity index (χ0) is 19.2. The largest absolute Gasteiger partial charge is 0.352 e. The van der Waals surface area contributed by atoms with E-state index >= 15 is 0 Å². The minimum Gasteiger partial charge on any atom is -0.352 e. The number of hydrogen-bond donors (Lipinski definition) is 2. The summed E-state index contributed by atoms with van der Waals surface area (Å²) in [5, 5.41) is 3.48. The van der Waals surface area contributed by atoms with Crippen LogP contribution in [0, 0.1) is 0 Å². The maximum Gasteiger partial charge on any atom is 0.251 e. The third-order valence-corrected chi connectivity index (χ3v) is 5.82. The molecule has 0 aromatic heterocycles. The fraction of sp³-hybridized carbons (Fsp3) is 0.316. The number of carbonyl (C=O) groups is 1. The van der Waals surface area contributed by atoms with Crippen LogP contribution in [0.15, 0.2) is 53.4 Å². The maximum absolute atomic E-state index is 12.2. The van der Waals surface area contributed by atoms with E-state index in [0.717, 1.165) is 5.56 Å². The normalized spacial score (nSPS) is 12.6. The fourth-order valence-electron chi connectivity index (χ4n) is 2.32. The van der Waals surface area contributed by atoms with Crippen molar-refractivity contribution in [3.05, 3.63) is 64.7 Å². The summed E-state index contributed by atoms with van der Waals surface area (Å²) in [5.41, 5.74) is 1.45. The van der Waals surface area contributed by atoms with Crippen molar-refractivity contribution in [1.29, 1.82) is 0 Å². The van der Waals surface area contributed by atoms with Gasteiger partial charge in [0.25, 0.3) is 5.91 Å². The van der Waals surface area contributed by atoms with Crippen LogP contribution in [0.3, 0.4) is 0 Å². The molecule has 7 heteroatoms. The molecule has 5 nitrogen and oxygen atoms in total. The van der Waals surface area contributed by atoms with Crippen molar-refractivity contribution in [2.24, 2.45) is 0 Å². The summed E-state index contributed by atoms with van der Waals surface area (Å²) in [6, 6.07) is 13.2. The molecule has 2 rings (SSSR count). The second-order valence-electron chi connectivity index (χ2n) is 6.09. The first-order valence-corrected chi connectivity index (χ1v) is 10.3. The molecule has 0 aliphatic heterocycles. The molecule has 2 aromatic rings. The average molecular weight is 395 g/mol. The van der Waals surface area contributed by atoms with Gasteiger partial charge in [-0.05, 0) is 61.7 Å². The van der Waals surface area contributed by atoms with Gasteiger partial charge in [-0.2, -0.15) is 0 Å². The lowest BCUT2D eigenvalue weighted by Crippen LogP contribution is -2.32. The van der Waals surface area contributed by atoms with Crippen molar-refractivity contribution in [2.75, 3.05) is 6.54 Å². The first-order valence-electron chi connectivity index (χ1n) is 8.47. The number of sulfonamides is 1. The second kappa shape index (κ2) is 9.16. The third-order valence-electron chi connectivity index (χ3n) is 3.98. The smallest absolute Gasteiger partial charge is 0.251 e. The number of benzene rings is 2. The van der Waals surface area contributed by atoms with Crippen molar-refractivity contribution in [1.82, 2.24) is 10.0 Å². The molecule has 140 valence electrons. The maximum atomic E-state index is 12.2. The summed E-state index contributed by atoms with van der Waals surface area (Å²) < 4.78 is 27.0. The Hall–Kier alpha value is -1.89. The molecule has 2 aromatic carbocycles. The van der Waals surface area contributed by atoms with E-state index in [2.05, 4.69) is 10.0 Å². The molecule has 0 aliphatic carbocycles. The molecular weight excluding hydrogens is 372 g/mol. The molecule has 0 saturated carbocycles. The van der Waals surface area contributed by atoms with Crippen LogP contribution in [0.5, 0.6) is 0 Å². The van der Waals surface area contributed by atoms with Gasteiger partial charge in [-0.3, -0.25) is 4.79 Å². The highest BCUT2D eigenvalue weighted by Gasteiger charge is 2.17. The molecule has 0 fully saturated rings. The second-order valence-corrected chi connectivity index (χ2v) is 8.24. The summed E-state index contributed by atoms with van der Waals surface area (Å²) in [7, 11) is -3.57. The molecule has 26 heavy (non-hydrogen) atoms. The van der Waals surface area contributed by atoms with Crippen LogP contribution >= 0.6 is 11.6 Å². The van der Waals surface area contributed by atoms with Gasteiger partial charge < -0.3 is 5.32 Å². The molecule has 0 bridgehead atoms. The number of rotatable bonds is 8. The Morgan fingerprint density at radius 2 is 1.85 bits per heavy atom. The lowest BCUT2D eigenvalue weighted by atomic mass is 10.1. The van der Waals surface area contributed by atoms with Crippen molar-refractivity contribution >= 4 is 27.5 Å². The molecule has 2 N–H and O–H groups in total. The summed E-state index contributed by atoms with van der Waals surface area (Å²) >= 11 is 5.93. The summed E-state index contributed by atoms with van der Waals surface area (Å²) in [4.78, 5) is 12.3. The van der Waals surface area contributed by atoms with E-state index in [1.165, 1.54) is 24.3 Å². The Morgan fingerprint density at radius 3 is 2.46 bits per heavy atom. The van der Waals surface area contributed by atoms with Crippen LogP contribution in [-0.4, -0.2) is 26.9 Å². The topological polar surface area (TPSA) is 75.3 Å². The van der Waals surface area contributed by atoms with E-state index in [1.54, 1.807) is 13.0 Å². The van der Waals surface area contributed by atoms with E-state index in [4.69, 9.17) is 11.6 Å². The monoisotopic (exact) mass is 394 g/mol. The molecular formula is C19H23ClN2O3S. The SMILES string of the molecule is CCC(C)NS(=O)(=O)c1ccc(C(=O)NCCc2cccc(Cl)c2)cc1. The van der Waals surface area contributed by atoms with Crippen LogP contribution < -0.4 is 10.0 Å². The molecule has 0 aliphatic rings. The summed E-state index contributed by atoms with van der Waals surface area (Å²) in [6.07, 6.45) is 1.37. The number of halogens is 1. The minimum absolute atomic E-state index is 0.144. The molecule has 0 spiro atoms. The molecule has 1 amide bonds. The highest BCUT2D eigenvalue weighted by Crippen LogP contribution is 2.13. The standard InChI is InChI=1S/C19H23ClN2O3S/c1-3-14(2)22-26(24,25)18-9-7-16(8-10-18)19(23)21-12-11-15-5-4-6-17(20)13-15/h4-10,13-14,22H,3,11-12H2,1-2H3,(H,21,23). The van der Waals surface area contributed by atoms with Gasteiger partial charge >= 0.3 is 0 Å². The average Bonchev–Trinajstić information content (AvgIpc) is 2.61. The number of carbonyl (C=O) groups excluding carboxylic acids is 1. The molecule has 1 unspecified atom stereocenters. The predicted molar refractivity (Wildman–Crippen MR) is 104 cm³/mol. The van der Waals surface area contributed by atoms with Crippen molar-refractivity contribution in [3.8, 4) is 0 Å². The Labute approximate surface area is 159 Å². The van der Waals surface area contributed by atoms with E-state index in [9.17, 15) is 13.2 Å². The van der Waals surface area contributed by atoms with E-state index in [-0.39, 0.29) is 16.8 Å². The van der Waals surface area contributed by atoms with Crippen molar-refractivity contribution < 1.29 is 13.2 Å². The van der Waals surface area contributed by atoms with Gasteiger partial charge in [0.15, 0.2) is 0 Å². The Bertz CT molecular complexity index is 851. The predicted octanol–water partition coefficient (Wildman–Crippen LogP) is 3.39. The molecule has 0 radical (unpaired) electrons. The van der Waals surface area contributed by atoms with Gasteiger partial charge in [-0.1, -0.05) is 30.7 Å². The molecule has 0 heterocycles. The summed E-state index contributed by atoms with van der Waals surface area (Å²) in [6.45, 7) is 4.18. The zero-order valence-electron chi connectivity index (χ0n) is 14.8. The van der Waals surface area contributed by atoms with Gasteiger partial charge in [-0.25, -0.2) is 13.1 Å². The van der Waals surface area contributed by atoms with Crippen molar-refractivity contribution in [3.63, 3.8) is 0 Å². The van der Waals surface area contributed by atoms with Gasteiger partial charge in [0.1, 0.15) is 0 Å². The number of hydrogen-bond acceptors (Lipinski definition) is 3. The number of nitrogens with one attached hydrogen (secondary N) is 2. The van der Waals surface area contributed by atoms with Crippen LogP contribution in [0.25, 0.3) is 0 Å². The first-order chi connectivity index (χ1) is 12.3. The van der Waals surface area contributed by atoms with Gasteiger partial charge in [0.05, 0.1) is 4.90 Å². The van der Waals surface area contributed by atoms with E-state index in [1.807, 2.05) is 25.1 Å². The zero-order valence-corrected chi connectivity index (χ0v) is 16.4. The number of amides is 1. The van der Waals surface area contributed by atoms with Crippen LogP contribution in [0.2, 0.25) is 5.02 Å². The van der Waals surface area contributed by atoms with Crippen LogP contribution in [0.4, 0.5) is 0 Å². The Balaban J connectivity index is 1.94. The van der Waals surface area contributed by atoms with E-state index < -0.39 is 10.0 Å². The molecule has 1 atom stereocenters. The Morgan fingerprint density at radius 1 is 1.15 bits per heavy atom. The molecule has 0 saturated heterocycles. The summed E-state index contributed by atoms with van der Waals surface area (Å²) in [5.74, 6) is -0.245. The highest BCUT2D eigenvalue weighted by atomic mass is 35.5. The lowest BCUT2D eigenvalue weighted by Gasteiger charge is -2.12. The minimum atomic E-state index is -3.57. The Kier molecular flexibility index (Phi) is 7.20. The van der Waals surface area contributed by atoms with Gasteiger partial charge in [0.2, 0.25) is 10.0 Å². The van der Waals surface area contributed by atoms with Crippen LogP contribution in [0.1, 0.15) is 36.2 Å². The van der Waals surface area contributed by atoms with Gasteiger partial charge in [-0.15, -0.1) is 0 Å². The quantitative estimate of drug-likeness (QED) is 0.720.